The van der Waals surface area contributed by atoms with Gasteiger partial charge in [-0.15, -0.1) is 11.3 Å². The second-order valence-electron chi connectivity index (χ2n) is 5.93. The fourth-order valence-corrected chi connectivity index (χ4v) is 4.19. The molecule has 2 nitrogen and oxygen atoms in total. The molecule has 2 aromatic rings. The smallest absolute Gasteiger partial charge is 0.0948 e. The number of rotatable bonds is 4. The van der Waals surface area contributed by atoms with E-state index >= 15 is 0 Å². The van der Waals surface area contributed by atoms with E-state index in [0.717, 1.165) is 18.0 Å². The molecule has 106 valence electrons. The Morgan fingerprint density at radius 2 is 2.10 bits per heavy atom. The molecule has 3 atom stereocenters. The molecule has 3 rings (SSSR count). The molecule has 0 amide bonds. The van der Waals surface area contributed by atoms with Crippen LogP contribution in [0.4, 0.5) is 0 Å². The molecule has 0 spiro atoms. The van der Waals surface area contributed by atoms with Crippen LogP contribution in [0, 0.1) is 11.8 Å². The lowest BCUT2D eigenvalue weighted by atomic mass is 9.89. The summed E-state index contributed by atoms with van der Waals surface area (Å²) >= 11 is 1.74. The van der Waals surface area contributed by atoms with Gasteiger partial charge in [-0.2, -0.15) is 0 Å². The average molecular weight is 286 g/mol. The fourth-order valence-electron chi connectivity index (χ4n) is 3.31. The summed E-state index contributed by atoms with van der Waals surface area (Å²) in [5.74, 6) is 1.46. The van der Waals surface area contributed by atoms with Crippen molar-refractivity contribution < 1.29 is 0 Å². The Morgan fingerprint density at radius 3 is 2.80 bits per heavy atom. The van der Waals surface area contributed by atoms with E-state index in [2.05, 4.69) is 36.6 Å². The summed E-state index contributed by atoms with van der Waals surface area (Å²) in [7, 11) is 0. The monoisotopic (exact) mass is 286 g/mol. The molecule has 0 saturated heterocycles. The Kier molecular flexibility index (Phi) is 4.18. The van der Waals surface area contributed by atoms with Gasteiger partial charge in [-0.05, 0) is 18.3 Å². The van der Waals surface area contributed by atoms with Gasteiger partial charge in [-0.25, -0.2) is 4.98 Å². The van der Waals surface area contributed by atoms with Gasteiger partial charge < -0.3 is 5.73 Å². The largest absolute Gasteiger partial charge is 0.327 e. The van der Waals surface area contributed by atoms with Crippen molar-refractivity contribution in [2.24, 2.45) is 17.6 Å². The second kappa shape index (κ2) is 6.06. The number of nitrogens with zero attached hydrogens (tertiary/aromatic N) is 1. The van der Waals surface area contributed by atoms with E-state index in [4.69, 9.17) is 10.7 Å². The van der Waals surface area contributed by atoms with E-state index in [1.165, 1.54) is 29.8 Å². The van der Waals surface area contributed by atoms with Crippen LogP contribution in [0.1, 0.15) is 31.2 Å². The lowest BCUT2D eigenvalue weighted by Crippen LogP contribution is -2.33. The maximum Gasteiger partial charge on any atom is 0.0948 e. The molecule has 1 aromatic carbocycles. The predicted molar refractivity (Wildman–Crippen MR) is 85.7 cm³/mol. The van der Waals surface area contributed by atoms with E-state index < -0.39 is 0 Å². The van der Waals surface area contributed by atoms with Crippen molar-refractivity contribution in [2.45, 2.75) is 38.6 Å². The van der Waals surface area contributed by atoms with Gasteiger partial charge >= 0.3 is 0 Å². The van der Waals surface area contributed by atoms with Crippen molar-refractivity contribution >= 4 is 11.3 Å². The number of aromatic nitrogens is 1. The third-order valence-corrected chi connectivity index (χ3v) is 5.38. The minimum absolute atomic E-state index is 0.266. The maximum atomic E-state index is 6.42. The van der Waals surface area contributed by atoms with Gasteiger partial charge in [0.05, 0.1) is 10.7 Å². The van der Waals surface area contributed by atoms with Gasteiger partial charge in [-0.3, -0.25) is 0 Å². The SMILES string of the molecule is CC1CCCC1C(N)Cc1nc(-c2ccccc2)cs1. The summed E-state index contributed by atoms with van der Waals surface area (Å²) in [6.45, 7) is 2.34. The van der Waals surface area contributed by atoms with Gasteiger partial charge in [0.25, 0.3) is 0 Å². The zero-order chi connectivity index (χ0) is 13.9. The van der Waals surface area contributed by atoms with E-state index in [9.17, 15) is 0 Å². The molecule has 20 heavy (non-hydrogen) atoms. The topological polar surface area (TPSA) is 38.9 Å². The minimum Gasteiger partial charge on any atom is -0.327 e. The van der Waals surface area contributed by atoms with E-state index in [1.807, 2.05) is 6.07 Å². The highest BCUT2D eigenvalue weighted by Crippen LogP contribution is 2.34. The molecule has 0 bridgehead atoms. The van der Waals surface area contributed by atoms with Crippen LogP contribution in [0.3, 0.4) is 0 Å². The van der Waals surface area contributed by atoms with Gasteiger partial charge in [0.1, 0.15) is 0 Å². The third-order valence-electron chi connectivity index (χ3n) is 4.51. The predicted octanol–water partition coefficient (Wildman–Crippen LogP) is 4.12. The molecular weight excluding hydrogens is 264 g/mol. The summed E-state index contributed by atoms with van der Waals surface area (Å²) in [6, 6.07) is 10.6. The first kappa shape index (κ1) is 13.8. The quantitative estimate of drug-likeness (QED) is 0.918. The number of hydrogen-bond acceptors (Lipinski definition) is 3. The van der Waals surface area contributed by atoms with Crippen molar-refractivity contribution in [1.29, 1.82) is 0 Å². The van der Waals surface area contributed by atoms with E-state index in [1.54, 1.807) is 11.3 Å². The van der Waals surface area contributed by atoms with Gasteiger partial charge in [0, 0.05) is 23.4 Å². The summed E-state index contributed by atoms with van der Waals surface area (Å²) in [4.78, 5) is 4.76. The van der Waals surface area contributed by atoms with Crippen LogP contribution in [0.5, 0.6) is 0 Å². The molecule has 2 N–H and O–H groups in total. The van der Waals surface area contributed by atoms with Gasteiger partial charge in [-0.1, -0.05) is 50.1 Å². The molecule has 3 heteroatoms. The van der Waals surface area contributed by atoms with E-state index in [-0.39, 0.29) is 6.04 Å². The Hall–Kier alpha value is -1.19. The zero-order valence-corrected chi connectivity index (χ0v) is 12.8. The third kappa shape index (κ3) is 2.94. The first-order valence-electron chi connectivity index (χ1n) is 7.49. The first-order valence-corrected chi connectivity index (χ1v) is 8.37. The lowest BCUT2D eigenvalue weighted by Gasteiger charge is -2.22. The molecule has 1 saturated carbocycles. The van der Waals surface area contributed by atoms with Crippen LogP contribution in [-0.4, -0.2) is 11.0 Å². The van der Waals surface area contributed by atoms with Crippen molar-refractivity contribution in [3.63, 3.8) is 0 Å². The molecule has 1 aromatic heterocycles. The van der Waals surface area contributed by atoms with Crippen LogP contribution in [-0.2, 0) is 6.42 Å². The lowest BCUT2D eigenvalue weighted by molar-refractivity contribution is 0.343. The van der Waals surface area contributed by atoms with Gasteiger partial charge in [0.15, 0.2) is 0 Å². The van der Waals surface area contributed by atoms with Crippen LogP contribution in [0.15, 0.2) is 35.7 Å². The van der Waals surface area contributed by atoms with Crippen LogP contribution in [0.2, 0.25) is 0 Å². The standard InChI is InChI=1S/C17H22N2S/c1-12-6-5-9-14(12)15(18)10-17-19-16(11-20-17)13-7-3-2-4-8-13/h2-4,7-8,11-12,14-15H,5-6,9-10,18H2,1H3. The minimum atomic E-state index is 0.266. The van der Waals surface area contributed by atoms with Crippen molar-refractivity contribution in [2.75, 3.05) is 0 Å². The molecule has 1 aliphatic rings. The molecule has 3 unspecified atom stereocenters. The van der Waals surface area contributed by atoms with E-state index in [0.29, 0.717) is 5.92 Å². The fraction of sp³-hybridized carbons (Fsp3) is 0.471. The Morgan fingerprint density at radius 1 is 1.30 bits per heavy atom. The molecule has 1 aliphatic carbocycles. The normalized spacial score (nSPS) is 23.9. The number of hydrogen-bond donors (Lipinski definition) is 1. The van der Waals surface area contributed by atoms with Crippen molar-refractivity contribution in [3.8, 4) is 11.3 Å². The van der Waals surface area contributed by atoms with Crippen molar-refractivity contribution in [1.82, 2.24) is 4.98 Å². The number of nitrogens with two attached hydrogens (primary N) is 1. The average Bonchev–Trinajstić information content (AvgIpc) is 3.09. The Bertz CT molecular complexity index is 549. The second-order valence-corrected chi connectivity index (χ2v) is 6.88. The highest BCUT2D eigenvalue weighted by Gasteiger charge is 2.29. The Labute approximate surface area is 125 Å². The maximum absolute atomic E-state index is 6.42. The highest BCUT2D eigenvalue weighted by molar-refractivity contribution is 7.09. The zero-order valence-electron chi connectivity index (χ0n) is 12.0. The summed E-state index contributed by atoms with van der Waals surface area (Å²) in [6.07, 6.45) is 4.89. The molecule has 1 fully saturated rings. The summed E-state index contributed by atoms with van der Waals surface area (Å²) < 4.78 is 0. The van der Waals surface area contributed by atoms with Crippen molar-refractivity contribution in [3.05, 3.63) is 40.7 Å². The summed E-state index contributed by atoms with van der Waals surface area (Å²) in [5, 5.41) is 3.32. The van der Waals surface area contributed by atoms with Gasteiger partial charge in [0.2, 0.25) is 0 Å². The Balaban J connectivity index is 1.68. The highest BCUT2D eigenvalue weighted by atomic mass is 32.1. The van der Waals surface area contributed by atoms with Crippen LogP contribution >= 0.6 is 11.3 Å². The van der Waals surface area contributed by atoms with Crippen LogP contribution < -0.4 is 5.73 Å². The molecule has 1 heterocycles. The first-order chi connectivity index (χ1) is 9.74. The molecular formula is C17H22N2S. The molecule has 0 aliphatic heterocycles. The summed E-state index contributed by atoms with van der Waals surface area (Å²) in [5.41, 5.74) is 8.69. The van der Waals surface area contributed by atoms with Crippen LogP contribution in [0.25, 0.3) is 11.3 Å². The molecule has 0 radical (unpaired) electrons. The number of benzene rings is 1. The number of thiazole rings is 1.